The van der Waals surface area contributed by atoms with Gasteiger partial charge in [0.2, 0.25) is 0 Å². The molecule has 1 aliphatic rings. The van der Waals surface area contributed by atoms with Crippen molar-refractivity contribution < 1.29 is 14.7 Å². The summed E-state index contributed by atoms with van der Waals surface area (Å²) in [5, 5.41) is 16.7. The quantitative estimate of drug-likeness (QED) is 0.888. The number of nitrogens with zero attached hydrogens (tertiary/aromatic N) is 2. The summed E-state index contributed by atoms with van der Waals surface area (Å²) in [6.45, 7) is 1.75. The van der Waals surface area contributed by atoms with Gasteiger partial charge in [-0.2, -0.15) is 16.9 Å². The van der Waals surface area contributed by atoms with Crippen LogP contribution in [0, 0.1) is 6.92 Å². The molecule has 6 nitrogen and oxygen atoms in total. The third-order valence-corrected chi connectivity index (χ3v) is 5.26. The predicted molar refractivity (Wildman–Crippen MR) is 92.7 cm³/mol. The monoisotopic (exact) mass is 345 g/mol. The molecule has 2 heterocycles. The molecule has 1 aliphatic heterocycles. The lowest BCUT2D eigenvalue weighted by molar-refractivity contribution is -0.144. The highest BCUT2D eigenvalue weighted by Gasteiger charge is 2.41. The van der Waals surface area contributed by atoms with Crippen LogP contribution >= 0.6 is 11.8 Å². The van der Waals surface area contributed by atoms with E-state index in [1.807, 2.05) is 30.3 Å². The number of benzene rings is 1. The van der Waals surface area contributed by atoms with Gasteiger partial charge in [-0.25, -0.2) is 9.48 Å². The number of para-hydroxylation sites is 1. The Morgan fingerprint density at radius 3 is 2.54 bits per heavy atom. The first kappa shape index (κ1) is 16.6. The maximum absolute atomic E-state index is 12.7. The summed E-state index contributed by atoms with van der Waals surface area (Å²) in [5.74, 6) is 0.108. The Hall–Kier alpha value is -2.28. The largest absolute Gasteiger partial charge is 0.480 e. The molecule has 0 aliphatic carbocycles. The number of hydrogen-bond donors (Lipinski definition) is 2. The van der Waals surface area contributed by atoms with E-state index in [9.17, 15) is 14.7 Å². The van der Waals surface area contributed by atoms with Crippen molar-refractivity contribution in [3.8, 4) is 5.69 Å². The van der Waals surface area contributed by atoms with Gasteiger partial charge in [-0.3, -0.25) is 4.79 Å². The molecule has 7 heteroatoms. The first-order valence-corrected chi connectivity index (χ1v) is 8.93. The van der Waals surface area contributed by atoms with Crippen LogP contribution in [0.2, 0.25) is 0 Å². The summed E-state index contributed by atoms with van der Waals surface area (Å²) in [5.41, 5.74) is 0.644. The molecule has 2 aromatic rings. The number of carbonyl (C=O) groups is 2. The lowest BCUT2D eigenvalue weighted by Gasteiger charge is -2.33. The summed E-state index contributed by atoms with van der Waals surface area (Å²) < 4.78 is 1.63. The third kappa shape index (κ3) is 3.17. The molecule has 0 bridgehead atoms. The van der Waals surface area contributed by atoms with Crippen LogP contribution in [0.25, 0.3) is 5.69 Å². The van der Waals surface area contributed by atoms with Crippen LogP contribution in [0.1, 0.15) is 28.9 Å². The van der Waals surface area contributed by atoms with Crippen LogP contribution < -0.4 is 5.32 Å². The lowest BCUT2D eigenvalue weighted by Crippen LogP contribution is -2.56. The molecule has 3 rings (SSSR count). The van der Waals surface area contributed by atoms with Gasteiger partial charge in [0, 0.05) is 6.20 Å². The van der Waals surface area contributed by atoms with Crippen molar-refractivity contribution in [3.63, 3.8) is 0 Å². The second kappa shape index (κ2) is 6.68. The summed E-state index contributed by atoms with van der Waals surface area (Å²) in [7, 11) is 0. The molecule has 0 atom stereocenters. The van der Waals surface area contributed by atoms with Gasteiger partial charge in [-0.15, -0.1) is 0 Å². The topological polar surface area (TPSA) is 84.2 Å². The molecule has 1 aromatic heterocycles. The summed E-state index contributed by atoms with van der Waals surface area (Å²) in [4.78, 5) is 24.4. The molecule has 2 N–H and O–H groups in total. The van der Waals surface area contributed by atoms with Gasteiger partial charge in [-0.05, 0) is 43.4 Å². The number of thioether (sulfide) groups is 1. The van der Waals surface area contributed by atoms with Crippen molar-refractivity contribution in [3.05, 3.63) is 47.8 Å². The van der Waals surface area contributed by atoms with E-state index in [0.717, 1.165) is 17.2 Å². The Morgan fingerprint density at radius 2 is 1.92 bits per heavy atom. The van der Waals surface area contributed by atoms with Gasteiger partial charge in [-0.1, -0.05) is 18.2 Å². The van der Waals surface area contributed by atoms with Gasteiger partial charge in [0.25, 0.3) is 5.91 Å². The fourth-order valence-corrected chi connectivity index (χ4v) is 3.98. The van der Waals surface area contributed by atoms with Gasteiger partial charge in [0.1, 0.15) is 5.54 Å². The maximum atomic E-state index is 12.7. The molecule has 0 unspecified atom stereocenters. The van der Waals surface area contributed by atoms with Gasteiger partial charge >= 0.3 is 5.97 Å². The second-order valence-electron chi connectivity index (χ2n) is 5.86. The lowest BCUT2D eigenvalue weighted by atomic mass is 9.92. The molecule has 1 fully saturated rings. The zero-order chi connectivity index (χ0) is 17.2. The number of rotatable bonds is 4. The average Bonchev–Trinajstić information content (AvgIpc) is 2.98. The highest BCUT2D eigenvalue weighted by Crippen LogP contribution is 2.28. The van der Waals surface area contributed by atoms with E-state index < -0.39 is 11.5 Å². The van der Waals surface area contributed by atoms with Crippen LogP contribution in [0.5, 0.6) is 0 Å². The maximum Gasteiger partial charge on any atom is 0.329 e. The predicted octanol–water partition coefficient (Wildman–Crippen LogP) is 2.26. The molecule has 0 saturated carbocycles. The van der Waals surface area contributed by atoms with E-state index in [2.05, 4.69) is 10.4 Å². The first-order valence-electron chi connectivity index (χ1n) is 7.77. The van der Waals surface area contributed by atoms with Crippen LogP contribution in [0.3, 0.4) is 0 Å². The fraction of sp³-hybridized carbons (Fsp3) is 0.353. The number of aliphatic carboxylic acids is 1. The minimum atomic E-state index is -1.18. The Balaban J connectivity index is 1.85. The van der Waals surface area contributed by atoms with Crippen molar-refractivity contribution in [2.75, 3.05) is 11.5 Å². The van der Waals surface area contributed by atoms with Crippen LogP contribution in [-0.4, -0.2) is 43.8 Å². The fourth-order valence-electron chi connectivity index (χ4n) is 2.79. The van der Waals surface area contributed by atoms with E-state index in [1.165, 1.54) is 0 Å². The Morgan fingerprint density at radius 1 is 1.25 bits per heavy atom. The van der Waals surface area contributed by atoms with Gasteiger partial charge < -0.3 is 10.4 Å². The van der Waals surface area contributed by atoms with Gasteiger partial charge in [0.15, 0.2) is 0 Å². The van der Waals surface area contributed by atoms with Crippen molar-refractivity contribution in [1.82, 2.24) is 15.1 Å². The standard InChI is InChI=1S/C17H19N3O3S/c1-12-14(11-20(19-12)13-5-3-2-4-6-13)15(21)18-17(16(22)23)7-9-24-10-8-17/h2-6,11H,7-10H2,1H3,(H,18,21)(H,22,23). The van der Waals surface area contributed by atoms with Gasteiger partial charge in [0.05, 0.1) is 16.9 Å². The molecule has 1 aromatic carbocycles. The molecule has 1 amide bonds. The number of aromatic nitrogens is 2. The highest BCUT2D eigenvalue weighted by molar-refractivity contribution is 7.99. The number of carboxylic acids is 1. The zero-order valence-electron chi connectivity index (χ0n) is 13.4. The van der Waals surface area contributed by atoms with E-state index in [0.29, 0.717) is 24.1 Å². The summed E-state index contributed by atoms with van der Waals surface area (Å²) in [6.07, 6.45) is 2.52. The number of hydrogen-bond acceptors (Lipinski definition) is 4. The third-order valence-electron chi connectivity index (χ3n) is 4.27. The Bertz CT molecular complexity index is 752. The minimum Gasteiger partial charge on any atom is -0.480 e. The zero-order valence-corrected chi connectivity index (χ0v) is 14.2. The molecular weight excluding hydrogens is 326 g/mol. The van der Waals surface area contributed by atoms with E-state index >= 15 is 0 Å². The SMILES string of the molecule is Cc1nn(-c2ccccc2)cc1C(=O)NC1(C(=O)O)CCSCC1. The second-order valence-corrected chi connectivity index (χ2v) is 7.09. The molecule has 0 spiro atoms. The number of aryl methyl sites for hydroxylation is 1. The minimum absolute atomic E-state index is 0.385. The molecule has 0 radical (unpaired) electrons. The number of amides is 1. The number of carboxylic acid groups (broad SMARTS) is 1. The van der Waals surface area contributed by atoms with E-state index in [-0.39, 0.29) is 5.91 Å². The Labute approximate surface area is 144 Å². The van der Waals surface area contributed by atoms with Crippen LogP contribution in [0.4, 0.5) is 0 Å². The molecular formula is C17H19N3O3S. The molecule has 126 valence electrons. The molecule has 1 saturated heterocycles. The van der Waals surface area contributed by atoms with Crippen LogP contribution in [-0.2, 0) is 4.79 Å². The Kier molecular flexibility index (Phi) is 4.62. The number of carbonyl (C=O) groups excluding carboxylic acids is 1. The van der Waals surface area contributed by atoms with Crippen molar-refractivity contribution in [2.45, 2.75) is 25.3 Å². The summed E-state index contributed by atoms with van der Waals surface area (Å²) >= 11 is 1.71. The normalized spacial score (nSPS) is 16.5. The van der Waals surface area contributed by atoms with E-state index in [4.69, 9.17) is 0 Å². The van der Waals surface area contributed by atoms with Crippen molar-refractivity contribution in [2.24, 2.45) is 0 Å². The smallest absolute Gasteiger partial charge is 0.329 e. The summed E-state index contributed by atoms with van der Waals surface area (Å²) in [6, 6.07) is 9.48. The highest BCUT2D eigenvalue weighted by atomic mass is 32.2. The average molecular weight is 345 g/mol. The van der Waals surface area contributed by atoms with Crippen molar-refractivity contribution in [1.29, 1.82) is 0 Å². The molecule has 24 heavy (non-hydrogen) atoms. The van der Waals surface area contributed by atoms with Crippen LogP contribution in [0.15, 0.2) is 36.5 Å². The van der Waals surface area contributed by atoms with Crippen molar-refractivity contribution >= 4 is 23.6 Å². The van der Waals surface area contributed by atoms with E-state index in [1.54, 1.807) is 29.6 Å². The number of nitrogens with one attached hydrogen (secondary N) is 1. The first-order chi connectivity index (χ1) is 11.5.